The van der Waals surface area contributed by atoms with Crippen molar-refractivity contribution >= 4 is 10.0 Å². The summed E-state index contributed by atoms with van der Waals surface area (Å²) in [6, 6.07) is 7.44. The van der Waals surface area contributed by atoms with Gasteiger partial charge in [-0.15, -0.1) is 0 Å². The molecule has 21 heavy (non-hydrogen) atoms. The molecule has 4 nitrogen and oxygen atoms in total. The predicted octanol–water partition coefficient (Wildman–Crippen LogP) is 2.54. The van der Waals surface area contributed by atoms with Gasteiger partial charge in [0.25, 0.3) is 0 Å². The predicted molar refractivity (Wildman–Crippen MR) is 85.8 cm³/mol. The van der Waals surface area contributed by atoms with Crippen LogP contribution in [-0.4, -0.2) is 37.9 Å². The minimum absolute atomic E-state index is 0.0432. The van der Waals surface area contributed by atoms with Crippen LogP contribution in [0.5, 0.6) is 0 Å². The van der Waals surface area contributed by atoms with Gasteiger partial charge in [-0.2, -0.15) is 4.31 Å². The van der Waals surface area contributed by atoms with Crippen molar-refractivity contribution in [3.63, 3.8) is 0 Å². The van der Waals surface area contributed by atoms with Crippen LogP contribution >= 0.6 is 0 Å². The monoisotopic (exact) mass is 310 g/mol. The van der Waals surface area contributed by atoms with Gasteiger partial charge >= 0.3 is 0 Å². The summed E-state index contributed by atoms with van der Waals surface area (Å²) in [4.78, 5) is 0.425. The molecular weight excluding hydrogens is 284 g/mol. The molecular formula is C16H26N2O2S. The van der Waals surface area contributed by atoms with Crippen LogP contribution in [0, 0.1) is 6.92 Å². The van der Waals surface area contributed by atoms with Crippen molar-refractivity contribution in [3.8, 4) is 0 Å². The molecule has 0 aromatic heterocycles. The Morgan fingerprint density at radius 3 is 2.57 bits per heavy atom. The average molecular weight is 310 g/mol. The van der Waals surface area contributed by atoms with Gasteiger partial charge in [0.05, 0.1) is 4.90 Å². The molecule has 5 heteroatoms. The van der Waals surface area contributed by atoms with E-state index in [1.807, 2.05) is 32.9 Å². The second-order valence-corrected chi connectivity index (χ2v) is 7.94. The molecule has 1 N–H and O–H groups in total. The molecule has 0 saturated carbocycles. The average Bonchev–Trinajstić information content (AvgIpc) is 2.45. The molecule has 0 amide bonds. The summed E-state index contributed by atoms with van der Waals surface area (Å²) < 4.78 is 27.6. The molecule has 1 heterocycles. The smallest absolute Gasteiger partial charge is 0.243 e. The van der Waals surface area contributed by atoms with Crippen molar-refractivity contribution in [1.29, 1.82) is 0 Å². The van der Waals surface area contributed by atoms with Gasteiger partial charge in [-0.05, 0) is 51.8 Å². The van der Waals surface area contributed by atoms with Crippen LogP contribution in [-0.2, 0) is 10.0 Å². The molecule has 1 saturated heterocycles. The van der Waals surface area contributed by atoms with Crippen LogP contribution in [0.3, 0.4) is 0 Å². The molecule has 1 fully saturated rings. The van der Waals surface area contributed by atoms with Gasteiger partial charge in [0.2, 0.25) is 10.0 Å². The summed E-state index contributed by atoms with van der Waals surface area (Å²) in [6.07, 6.45) is 3.41. The van der Waals surface area contributed by atoms with Gasteiger partial charge in [-0.3, -0.25) is 0 Å². The molecule has 1 atom stereocenters. The summed E-state index contributed by atoms with van der Waals surface area (Å²) in [5.41, 5.74) is 0.805. The topological polar surface area (TPSA) is 49.4 Å². The molecule has 0 aliphatic carbocycles. The standard InChI is InChI=1S/C16H26N2O2S/c1-13(2)18(12-15-9-6-7-11-17-15)21(19,20)16-10-5-4-8-14(16)3/h4-5,8,10,13,15,17H,6-7,9,11-12H2,1-3H3. The number of sulfonamides is 1. The van der Waals surface area contributed by atoms with Crippen LogP contribution in [0.4, 0.5) is 0 Å². The molecule has 118 valence electrons. The summed E-state index contributed by atoms with van der Waals surface area (Å²) in [7, 11) is -3.44. The fraction of sp³-hybridized carbons (Fsp3) is 0.625. The molecule has 1 aromatic carbocycles. The van der Waals surface area contributed by atoms with Gasteiger partial charge in [0.1, 0.15) is 0 Å². The van der Waals surface area contributed by atoms with Crippen LogP contribution in [0.15, 0.2) is 29.2 Å². The first-order valence-corrected chi connectivity index (χ1v) is 9.18. The van der Waals surface area contributed by atoms with Gasteiger partial charge in [0.15, 0.2) is 0 Å². The summed E-state index contributed by atoms with van der Waals surface area (Å²) in [6.45, 7) is 7.27. The van der Waals surface area contributed by atoms with Crippen LogP contribution < -0.4 is 5.32 Å². The number of hydrogen-bond donors (Lipinski definition) is 1. The SMILES string of the molecule is Cc1ccccc1S(=O)(=O)N(CC1CCCCN1)C(C)C. The lowest BCUT2D eigenvalue weighted by Crippen LogP contribution is -2.48. The van der Waals surface area contributed by atoms with E-state index >= 15 is 0 Å². The Morgan fingerprint density at radius 2 is 2.00 bits per heavy atom. The summed E-state index contributed by atoms with van der Waals surface area (Å²) in [5.74, 6) is 0. The second kappa shape index (κ2) is 6.90. The Balaban J connectivity index is 2.26. The third kappa shape index (κ3) is 3.84. The number of rotatable bonds is 5. The molecule has 1 aliphatic rings. The van der Waals surface area contributed by atoms with Crippen molar-refractivity contribution in [2.45, 2.75) is 57.0 Å². The largest absolute Gasteiger partial charge is 0.313 e. The van der Waals surface area contributed by atoms with E-state index < -0.39 is 10.0 Å². The van der Waals surface area contributed by atoms with Crippen molar-refractivity contribution in [2.24, 2.45) is 0 Å². The van der Waals surface area contributed by atoms with Gasteiger partial charge in [0, 0.05) is 18.6 Å². The second-order valence-electron chi connectivity index (χ2n) is 6.08. The highest BCUT2D eigenvalue weighted by Gasteiger charge is 2.30. The first-order chi connectivity index (χ1) is 9.93. The maximum absolute atomic E-state index is 13.0. The van der Waals surface area contributed by atoms with Crippen LogP contribution in [0.1, 0.15) is 38.7 Å². The lowest BCUT2D eigenvalue weighted by molar-refractivity contribution is 0.282. The first kappa shape index (κ1) is 16.5. The number of nitrogens with one attached hydrogen (secondary N) is 1. The molecule has 1 aliphatic heterocycles. The lowest BCUT2D eigenvalue weighted by Gasteiger charge is -2.32. The third-order valence-electron chi connectivity index (χ3n) is 4.07. The number of piperidine rings is 1. The Kier molecular flexibility index (Phi) is 5.41. The highest BCUT2D eigenvalue weighted by Crippen LogP contribution is 2.23. The van der Waals surface area contributed by atoms with Gasteiger partial charge < -0.3 is 5.32 Å². The minimum Gasteiger partial charge on any atom is -0.313 e. The zero-order valence-corrected chi connectivity index (χ0v) is 14.0. The normalized spacial score (nSPS) is 20.1. The molecule has 0 spiro atoms. The minimum atomic E-state index is -3.44. The zero-order chi connectivity index (χ0) is 15.5. The van der Waals surface area contributed by atoms with Crippen molar-refractivity contribution in [3.05, 3.63) is 29.8 Å². The Morgan fingerprint density at radius 1 is 1.29 bits per heavy atom. The van der Waals surface area contributed by atoms with E-state index in [0.29, 0.717) is 11.4 Å². The highest BCUT2D eigenvalue weighted by atomic mass is 32.2. The number of benzene rings is 1. The first-order valence-electron chi connectivity index (χ1n) is 7.74. The molecule has 0 radical (unpaired) electrons. The van der Waals surface area contributed by atoms with E-state index in [1.54, 1.807) is 16.4 Å². The third-order valence-corrected chi connectivity index (χ3v) is 6.27. The molecule has 1 unspecified atom stereocenters. The maximum Gasteiger partial charge on any atom is 0.243 e. The van der Waals surface area contributed by atoms with Crippen molar-refractivity contribution < 1.29 is 8.42 Å². The summed E-state index contributed by atoms with van der Waals surface area (Å²) in [5, 5.41) is 3.44. The van der Waals surface area contributed by atoms with Gasteiger partial charge in [-0.25, -0.2) is 8.42 Å². The van der Waals surface area contributed by atoms with E-state index in [1.165, 1.54) is 12.8 Å². The van der Waals surface area contributed by atoms with Crippen molar-refractivity contribution in [2.75, 3.05) is 13.1 Å². The number of nitrogens with zero attached hydrogens (tertiary/aromatic N) is 1. The number of hydrogen-bond acceptors (Lipinski definition) is 3. The Labute approximate surface area is 128 Å². The van der Waals surface area contributed by atoms with Crippen molar-refractivity contribution in [1.82, 2.24) is 9.62 Å². The van der Waals surface area contributed by atoms with E-state index in [0.717, 1.165) is 18.5 Å². The molecule has 0 bridgehead atoms. The van der Waals surface area contributed by atoms with E-state index in [9.17, 15) is 8.42 Å². The quantitative estimate of drug-likeness (QED) is 0.909. The zero-order valence-electron chi connectivity index (χ0n) is 13.2. The highest BCUT2D eigenvalue weighted by molar-refractivity contribution is 7.89. The fourth-order valence-corrected chi connectivity index (χ4v) is 4.77. The number of aryl methyl sites for hydroxylation is 1. The maximum atomic E-state index is 13.0. The van der Waals surface area contributed by atoms with Gasteiger partial charge in [-0.1, -0.05) is 24.6 Å². The lowest BCUT2D eigenvalue weighted by atomic mass is 10.1. The van der Waals surface area contributed by atoms with Crippen LogP contribution in [0.2, 0.25) is 0 Å². The fourth-order valence-electron chi connectivity index (χ4n) is 2.86. The van der Waals surface area contributed by atoms with E-state index in [4.69, 9.17) is 0 Å². The Bertz CT molecular complexity index is 563. The summed E-state index contributed by atoms with van der Waals surface area (Å²) >= 11 is 0. The molecule has 2 rings (SSSR count). The molecule has 1 aromatic rings. The van der Waals surface area contributed by atoms with Crippen LogP contribution in [0.25, 0.3) is 0 Å². The van der Waals surface area contributed by atoms with E-state index in [-0.39, 0.29) is 12.1 Å². The van der Waals surface area contributed by atoms with E-state index in [2.05, 4.69) is 5.32 Å². The Hall–Kier alpha value is -0.910.